The molecule has 3 rings (SSSR count). The summed E-state index contributed by atoms with van der Waals surface area (Å²) in [5.74, 6) is 1.18. The third-order valence-corrected chi connectivity index (χ3v) is 7.91. The number of anilines is 1. The molecule has 6 heteroatoms. The molecule has 1 aliphatic carbocycles. The van der Waals surface area contributed by atoms with Crippen molar-refractivity contribution in [3.63, 3.8) is 0 Å². The molecule has 1 aliphatic rings. The highest BCUT2D eigenvalue weighted by Crippen LogP contribution is 2.46. The molecular formula is C26H42N5O+. The van der Waals surface area contributed by atoms with Crippen molar-refractivity contribution >= 4 is 17.0 Å². The average molecular weight is 441 g/mol. The molecule has 3 N–H and O–H groups in total. The summed E-state index contributed by atoms with van der Waals surface area (Å²) in [6, 6.07) is 0. The first-order valence-electron chi connectivity index (χ1n) is 12.0. The number of aliphatic hydroxyl groups is 1. The van der Waals surface area contributed by atoms with Gasteiger partial charge in [-0.3, -0.25) is 4.57 Å². The second kappa shape index (κ2) is 9.74. The van der Waals surface area contributed by atoms with Crippen molar-refractivity contribution in [3.8, 4) is 0 Å². The number of nitrogen functional groups attached to an aromatic ring is 1. The van der Waals surface area contributed by atoms with Crippen LogP contribution in [0.2, 0.25) is 0 Å². The Hall–Kier alpha value is -2.21. The number of aryl methyl sites for hydroxylation is 1. The smallest absolute Gasteiger partial charge is 0.307 e. The van der Waals surface area contributed by atoms with E-state index in [2.05, 4.69) is 54.4 Å². The van der Waals surface area contributed by atoms with E-state index in [9.17, 15) is 5.11 Å². The van der Waals surface area contributed by atoms with Gasteiger partial charge in [0.25, 0.3) is 0 Å². The first-order chi connectivity index (χ1) is 15.0. The lowest BCUT2D eigenvalue weighted by Gasteiger charge is -2.42. The quantitative estimate of drug-likeness (QED) is 0.431. The summed E-state index contributed by atoms with van der Waals surface area (Å²) in [6.07, 6.45) is 15.3. The maximum atomic E-state index is 11.0. The van der Waals surface area contributed by atoms with Crippen molar-refractivity contribution in [3.05, 3.63) is 36.0 Å². The minimum Gasteiger partial charge on any atom is -0.390 e. The molecule has 0 amide bonds. The normalized spacial score (nSPS) is 23.9. The number of nitrogens with two attached hydrogens (primary N) is 1. The molecule has 2 aromatic rings. The van der Waals surface area contributed by atoms with Gasteiger partial charge >= 0.3 is 5.65 Å². The van der Waals surface area contributed by atoms with Gasteiger partial charge in [0.1, 0.15) is 0 Å². The molecule has 0 fully saturated rings. The van der Waals surface area contributed by atoms with E-state index in [0.29, 0.717) is 11.7 Å². The van der Waals surface area contributed by atoms with Crippen LogP contribution >= 0.6 is 0 Å². The number of hydrogen-bond donors (Lipinski definition) is 2. The summed E-state index contributed by atoms with van der Waals surface area (Å²) in [6.45, 7) is 11.9. The first kappa shape index (κ1) is 24.4. The van der Waals surface area contributed by atoms with Gasteiger partial charge in [-0.25, -0.2) is 4.57 Å². The van der Waals surface area contributed by atoms with Gasteiger partial charge in [-0.05, 0) is 77.0 Å². The number of nitrogens with zero attached hydrogens (tertiary/aromatic N) is 4. The minimum absolute atomic E-state index is 0.222. The Morgan fingerprint density at radius 2 is 2.16 bits per heavy atom. The Balaban J connectivity index is 1.52. The van der Waals surface area contributed by atoms with Gasteiger partial charge < -0.3 is 10.8 Å². The molecule has 0 spiro atoms. The van der Waals surface area contributed by atoms with E-state index < -0.39 is 5.60 Å². The van der Waals surface area contributed by atoms with Gasteiger partial charge in [0.2, 0.25) is 5.52 Å². The van der Waals surface area contributed by atoms with Gasteiger partial charge in [-0.15, -0.1) is 0 Å². The van der Waals surface area contributed by atoms with Crippen LogP contribution in [0.4, 0.5) is 5.82 Å². The fourth-order valence-corrected chi connectivity index (χ4v) is 5.07. The summed E-state index contributed by atoms with van der Waals surface area (Å²) in [5.41, 5.74) is 10.2. The maximum Gasteiger partial charge on any atom is 0.307 e. The summed E-state index contributed by atoms with van der Waals surface area (Å²) in [5, 5.41) is 11.0. The van der Waals surface area contributed by atoms with E-state index >= 15 is 0 Å². The Morgan fingerprint density at radius 3 is 2.88 bits per heavy atom. The van der Waals surface area contributed by atoms with E-state index in [-0.39, 0.29) is 5.41 Å². The van der Waals surface area contributed by atoms with Crippen LogP contribution in [0.15, 0.2) is 36.0 Å². The van der Waals surface area contributed by atoms with Crippen molar-refractivity contribution in [1.82, 2.24) is 14.5 Å². The Morgan fingerprint density at radius 1 is 1.41 bits per heavy atom. The fourth-order valence-electron chi connectivity index (χ4n) is 5.07. The van der Waals surface area contributed by atoms with Crippen LogP contribution in [0.25, 0.3) is 11.2 Å². The molecule has 0 bridgehead atoms. The van der Waals surface area contributed by atoms with Crippen molar-refractivity contribution < 1.29 is 9.67 Å². The molecule has 0 radical (unpaired) electrons. The zero-order valence-corrected chi connectivity index (χ0v) is 20.9. The summed E-state index contributed by atoms with van der Waals surface area (Å²) in [4.78, 5) is 8.46. The van der Waals surface area contributed by atoms with Gasteiger partial charge in [-0.1, -0.05) is 42.1 Å². The van der Waals surface area contributed by atoms with Gasteiger partial charge in [0, 0.05) is 0 Å². The van der Waals surface area contributed by atoms with Crippen LogP contribution in [0.5, 0.6) is 0 Å². The minimum atomic E-state index is -0.614. The average Bonchev–Trinajstić information content (AvgIpc) is 3.06. The summed E-state index contributed by atoms with van der Waals surface area (Å²) in [7, 11) is 1.97. The zero-order valence-electron chi connectivity index (χ0n) is 20.9. The molecule has 176 valence electrons. The van der Waals surface area contributed by atoms with Gasteiger partial charge in [0.05, 0.1) is 19.2 Å². The predicted molar refractivity (Wildman–Crippen MR) is 131 cm³/mol. The third-order valence-electron chi connectivity index (χ3n) is 7.91. The number of aromatic nitrogens is 4. The number of fused-ring (bicyclic) bond motifs is 1. The maximum absolute atomic E-state index is 11.0. The molecule has 0 saturated carbocycles. The largest absolute Gasteiger partial charge is 0.390 e. The number of allylic oxidation sites excluding steroid dienone is 4. The van der Waals surface area contributed by atoms with E-state index in [4.69, 9.17) is 5.73 Å². The fraction of sp³-hybridized carbons (Fsp3) is 0.654. The number of rotatable bonds is 9. The summed E-state index contributed by atoms with van der Waals surface area (Å²) < 4.78 is 4.06. The van der Waals surface area contributed by atoms with Crippen molar-refractivity contribution in [2.24, 2.45) is 18.4 Å². The van der Waals surface area contributed by atoms with Crippen molar-refractivity contribution in [2.45, 2.75) is 91.7 Å². The van der Waals surface area contributed by atoms with Gasteiger partial charge in [-0.2, -0.15) is 4.98 Å². The van der Waals surface area contributed by atoms with E-state index in [0.717, 1.165) is 49.8 Å². The molecule has 2 aromatic heterocycles. The predicted octanol–water partition coefficient (Wildman–Crippen LogP) is 4.87. The Bertz CT molecular complexity index is 1000. The third kappa shape index (κ3) is 5.40. The van der Waals surface area contributed by atoms with Gasteiger partial charge in [0.15, 0.2) is 18.5 Å². The molecule has 0 aliphatic heterocycles. The molecular weight excluding hydrogens is 398 g/mol. The number of hydrogen-bond acceptors (Lipinski definition) is 4. The monoisotopic (exact) mass is 440 g/mol. The topological polar surface area (TPSA) is 80.8 Å². The lowest BCUT2D eigenvalue weighted by molar-refractivity contribution is -0.647. The molecule has 2 heterocycles. The Kier molecular flexibility index (Phi) is 7.43. The second-order valence-electron chi connectivity index (χ2n) is 10.5. The first-order valence-corrected chi connectivity index (χ1v) is 12.0. The standard InChI is InChI=1S/C26H42N5O/c1-19(12-16-31-18-30(6)24-22(31)23(27)28-17-29-24)9-8-13-25(4,32)14-15-26(5)20(2)10-7-11-21(26)3/h10,12,17-18,21,32H,7-9,11,13-16H2,1-6H3,(H2,27,28,29)/q+1/t21-,25?,26-/m0/s1. The SMILES string of the molecule is CC(=CCn1c[n+](C)c2ncnc(N)c21)CCCC(C)(O)CC[C@@]1(C)C(C)=CCC[C@@H]1C. The Labute approximate surface area is 193 Å². The molecule has 0 aromatic carbocycles. The van der Waals surface area contributed by atoms with Crippen LogP contribution in [-0.4, -0.2) is 25.2 Å². The van der Waals surface area contributed by atoms with Crippen LogP contribution < -0.4 is 10.3 Å². The van der Waals surface area contributed by atoms with Crippen LogP contribution in [-0.2, 0) is 13.6 Å². The molecule has 6 nitrogen and oxygen atoms in total. The zero-order chi connectivity index (χ0) is 23.5. The van der Waals surface area contributed by atoms with Crippen LogP contribution in [0.3, 0.4) is 0 Å². The number of imidazole rings is 1. The van der Waals surface area contributed by atoms with Crippen molar-refractivity contribution in [1.29, 1.82) is 0 Å². The highest BCUT2D eigenvalue weighted by Gasteiger charge is 2.36. The van der Waals surface area contributed by atoms with Crippen LogP contribution in [0, 0.1) is 11.3 Å². The van der Waals surface area contributed by atoms with Crippen LogP contribution in [0.1, 0.15) is 79.6 Å². The van der Waals surface area contributed by atoms with Crippen molar-refractivity contribution in [2.75, 3.05) is 5.73 Å². The van der Waals surface area contributed by atoms with E-state index in [1.807, 2.05) is 24.9 Å². The second-order valence-corrected chi connectivity index (χ2v) is 10.5. The lowest BCUT2D eigenvalue weighted by Crippen LogP contribution is -2.33. The van der Waals surface area contributed by atoms with E-state index in [1.165, 1.54) is 30.3 Å². The highest BCUT2D eigenvalue weighted by molar-refractivity contribution is 5.79. The van der Waals surface area contributed by atoms with E-state index in [1.54, 1.807) is 0 Å². The highest BCUT2D eigenvalue weighted by atomic mass is 16.3. The molecule has 0 saturated heterocycles. The summed E-state index contributed by atoms with van der Waals surface area (Å²) >= 11 is 0. The molecule has 32 heavy (non-hydrogen) atoms. The molecule has 1 unspecified atom stereocenters. The lowest BCUT2D eigenvalue weighted by atomic mass is 9.64. The molecule has 3 atom stereocenters.